The SMILES string of the molecule is N#Cc1c(F)c(Oc2cc(Cl)ccc2Cl)c(Oc2cc(Cl)ccc2Cl)c(F)c1C#N. The molecule has 0 bridgehead atoms. The molecule has 4 nitrogen and oxygen atoms in total. The Labute approximate surface area is 189 Å². The lowest BCUT2D eigenvalue weighted by Gasteiger charge is -2.17. The molecule has 0 fully saturated rings. The smallest absolute Gasteiger partial charge is 0.210 e. The molecule has 3 aromatic carbocycles. The van der Waals surface area contributed by atoms with Crippen LogP contribution in [0.5, 0.6) is 23.0 Å². The van der Waals surface area contributed by atoms with Gasteiger partial charge in [0.25, 0.3) is 0 Å². The highest BCUT2D eigenvalue weighted by Gasteiger charge is 2.29. The van der Waals surface area contributed by atoms with E-state index in [-0.39, 0.29) is 31.6 Å². The molecule has 0 heterocycles. The zero-order valence-electron chi connectivity index (χ0n) is 14.4. The van der Waals surface area contributed by atoms with Crippen LogP contribution in [-0.2, 0) is 0 Å². The Balaban J connectivity index is 2.27. The number of hydrogen-bond acceptors (Lipinski definition) is 4. The van der Waals surface area contributed by atoms with Gasteiger partial charge in [-0.15, -0.1) is 0 Å². The normalized spacial score (nSPS) is 10.3. The third-order valence-electron chi connectivity index (χ3n) is 3.73. The molecule has 0 aliphatic carbocycles. The van der Waals surface area contributed by atoms with E-state index in [4.69, 9.17) is 55.9 Å². The molecule has 3 rings (SSSR count). The molecule has 0 saturated heterocycles. The molecule has 0 aromatic heterocycles. The van der Waals surface area contributed by atoms with E-state index in [0.717, 1.165) is 0 Å². The fraction of sp³-hybridized carbons (Fsp3) is 0. The first-order valence-electron chi connectivity index (χ1n) is 7.87. The van der Waals surface area contributed by atoms with Crippen molar-refractivity contribution in [1.82, 2.24) is 0 Å². The van der Waals surface area contributed by atoms with Crippen LogP contribution < -0.4 is 9.47 Å². The maximum atomic E-state index is 15.1. The van der Waals surface area contributed by atoms with Crippen LogP contribution in [0.3, 0.4) is 0 Å². The quantitative estimate of drug-likeness (QED) is 0.376. The summed E-state index contributed by atoms with van der Waals surface area (Å²) in [7, 11) is 0. The van der Waals surface area contributed by atoms with Crippen molar-refractivity contribution < 1.29 is 18.3 Å². The Morgan fingerprint density at radius 1 is 0.667 bits per heavy atom. The van der Waals surface area contributed by atoms with Crippen molar-refractivity contribution in [3.8, 4) is 35.1 Å². The number of nitrogens with zero attached hydrogens (tertiary/aromatic N) is 2. The molecular formula is C20H6Cl4F2N2O2. The molecule has 0 amide bonds. The highest BCUT2D eigenvalue weighted by Crippen LogP contribution is 2.45. The minimum absolute atomic E-state index is 0.0220. The number of rotatable bonds is 4. The van der Waals surface area contributed by atoms with Crippen LogP contribution in [0.4, 0.5) is 8.78 Å². The van der Waals surface area contributed by atoms with Gasteiger partial charge >= 0.3 is 0 Å². The minimum atomic E-state index is -1.33. The third kappa shape index (κ3) is 4.23. The van der Waals surface area contributed by atoms with E-state index in [0.29, 0.717) is 0 Å². The Morgan fingerprint density at radius 2 is 1.03 bits per heavy atom. The van der Waals surface area contributed by atoms with Gasteiger partial charge in [-0.05, 0) is 24.3 Å². The van der Waals surface area contributed by atoms with Crippen LogP contribution in [0.2, 0.25) is 20.1 Å². The van der Waals surface area contributed by atoms with E-state index >= 15 is 8.78 Å². The lowest BCUT2D eigenvalue weighted by molar-refractivity contribution is 0.373. The number of hydrogen-bond donors (Lipinski definition) is 0. The largest absolute Gasteiger partial charge is 0.449 e. The van der Waals surface area contributed by atoms with E-state index in [2.05, 4.69) is 0 Å². The molecule has 0 saturated carbocycles. The van der Waals surface area contributed by atoms with Gasteiger partial charge in [-0.3, -0.25) is 0 Å². The molecule has 0 unspecified atom stereocenters. The van der Waals surface area contributed by atoms with Crippen molar-refractivity contribution in [2.24, 2.45) is 0 Å². The first-order chi connectivity index (χ1) is 14.3. The highest BCUT2D eigenvalue weighted by atomic mass is 35.5. The van der Waals surface area contributed by atoms with E-state index in [1.807, 2.05) is 0 Å². The predicted octanol–water partition coefficient (Wildman–Crippen LogP) is 7.91. The van der Waals surface area contributed by atoms with Crippen LogP contribution >= 0.6 is 46.4 Å². The zero-order chi connectivity index (χ0) is 22.0. The maximum absolute atomic E-state index is 15.1. The van der Waals surface area contributed by atoms with Crippen LogP contribution in [-0.4, -0.2) is 0 Å². The third-order valence-corrected chi connectivity index (χ3v) is 4.82. The topological polar surface area (TPSA) is 66.0 Å². The fourth-order valence-corrected chi connectivity index (χ4v) is 3.01. The standard InChI is InChI=1S/C20H6Cl4F2N2O2/c21-9-1-3-13(23)15(5-9)29-19-17(25)11(7-27)12(8-28)18(26)20(19)30-16-6-10(22)2-4-14(16)24/h1-6H. The molecule has 0 atom stereocenters. The molecule has 30 heavy (non-hydrogen) atoms. The summed E-state index contributed by atoms with van der Waals surface area (Å²) in [6.07, 6.45) is 0. The molecule has 0 aliphatic heterocycles. The van der Waals surface area contributed by atoms with Gasteiger partial charge in [-0.25, -0.2) is 8.78 Å². The summed E-state index contributed by atoms with van der Waals surface area (Å²) in [6, 6.07) is 11.0. The summed E-state index contributed by atoms with van der Waals surface area (Å²) in [6.45, 7) is 0. The molecule has 0 N–H and O–H groups in total. The second kappa shape index (κ2) is 8.95. The molecule has 0 radical (unpaired) electrons. The second-order valence-corrected chi connectivity index (χ2v) is 7.30. The van der Waals surface area contributed by atoms with Crippen molar-refractivity contribution >= 4 is 46.4 Å². The summed E-state index contributed by atoms with van der Waals surface area (Å²) >= 11 is 23.9. The van der Waals surface area contributed by atoms with Crippen molar-refractivity contribution in [1.29, 1.82) is 10.5 Å². The number of nitriles is 2. The molecule has 0 aliphatic rings. The van der Waals surface area contributed by atoms with Gasteiger partial charge in [0.05, 0.1) is 10.0 Å². The Morgan fingerprint density at radius 3 is 1.37 bits per heavy atom. The fourth-order valence-electron chi connectivity index (χ4n) is 2.37. The van der Waals surface area contributed by atoms with Gasteiger partial charge in [-0.1, -0.05) is 46.4 Å². The molecular weight excluding hydrogens is 480 g/mol. The lowest BCUT2D eigenvalue weighted by atomic mass is 10.1. The summed E-state index contributed by atoms with van der Waals surface area (Å²) in [5.74, 6) is -4.61. The average molecular weight is 486 g/mol. The Bertz CT molecular complexity index is 1160. The Hall–Kier alpha value is -2.74. The van der Waals surface area contributed by atoms with Gasteiger partial charge in [0.15, 0.2) is 11.6 Å². The first kappa shape index (κ1) is 22.0. The number of ether oxygens (including phenoxy) is 2. The van der Waals surface area contributed by atoms with Crippen LogP contribution in [0.1, 0.15) is 11.1 Å². The van der Waals surface area contributed by atoms with Crippen LogP contribution in [0.15, 0.2) is 36.4 Å². The van der Waals surface area contributed by atoms with E-state index in [1.165, 1.54) is 48.5 Å². The second-order valence-electron chi connectivity index (χ2n) is 5.61. The number of benzene rings is 3. The van der Waals surface area contributed by atoms with Gasteiger partial charge < -0.3 is 9.47 Å². The molecule has 3 aromatic rings. The average Bonchev–Trinajstić information content (AvgIpc) is 2.71. The summed E-state index contributed by atoms with van der Waals surface area (Å²) in [5.41, 5.74) is -1.74. The van der Waals surface area contributed by atoms with Crippen molar-refractivity contribution in [3.05, 3.63) is 79.3 Å². The summed E-state index contributed by atoms with van der Waals surface area (Å²) in [5, 5.41) is 18.9. The summed E-state index contributed by atoms with van der Waals surface area (Å²) < 4.78 is 41.0. The Kier molecular flexibility index (Phi) is 6.55. The minimum Gasteiger partial charge on any atom is -0.449 e. The molecule has 10 heteroatoms. The van der Waals surface area contributed by atoms with Crippen molar-refractivity contribution in [2.75, 3.05) is 0 Å². The van der Waals surface area contributed by atoms with Crippen molar-refractivity contribution in [2.45, 2.75) is 0 Å². The van der Waals surface area contributed by atoms with Crippen LogP contribution in [0.25, 0.3) is 0 Å². The van der Waals surface area contributed by atoms with Gasteiger partial charge in [-0.2, -0.15) is 10.5 Å². The van der Waals surface area contributed by atoms with E-state index in [9.17, 15) is 10.5 Å². The van der Waals surface area contributed by atoms with Crippen LogP contribution in [0, 0.1) is 34.3 Å². The highest BCUT2D eigenvalue weighted by molar-refractivity contribution is 6.34. The molecule has 0 spiro atoms. The number of halogens is 6. The first-order valence-corrected chi connectivity index (χ1v) is 9.39. The molecule has 150 valence electrons. The zero-order valence-corrected chi connectivity index (χ0v) is 17.5. The summed E-state index contributed by atoms with van der Waals surface area (Å²) in [4.78, 5) is 0. The monoisotopic (exact) mass is 484 g/mol. The van der Waals surface area contributed by atoms with Gasteiger partial charge in [0.2, 0.25) is 11.5 Å². The van der Waals surface area contributed by atoms with E-state index < -0.39 is 34.3 Å². The predicted molar refractivity (Wildman–Crippen MR) is 109 cm³/mol. The van der Waals surface area contributed by atoms with E-state index in [1.54, 1.807) is 0 Å². The van der Waals surface area contributed by atoms with Gasteiger partial charge in [0, 0.05) is 22.2 Å². The lowest BCUT2D eigenvalue weighted by Crippen LogP contribution is -2.04. The van der Waals surface area contributed by atoms with Gasteiger partial charge in [0.1, 0.15) is 34.8 Å². The van der Waals surface area contributed by atoms with Crippen molar-refractivity contribution in [3.63, 3.8) is 0 Å². The maximum Gasteiger partial charge on any atom is 0.210 e.